The number of nitriles is 1. The summed E-state index contributed by atoms with van der Waals surface area (Å²) in [5.41, 5.74) is 1.90. The van der Waals surface area contributed by atoms with Crippen LogP contribution in [0.4, 0.5) is 0 Å². The number of aliphatic hydroxyl groups is 1. The minimum absolute atomic E-state index is 0.0397. The molecule has 5 heteroatoms. The van der Waals surface area contributed by atoms with Gasteiger partial charge < -0.3 is 15.2 Å². The van der Waals surface area contributed by atoms with E-state index in [1.165, 1.54) is 0 Å². The van der Waals surface area contributed by atoms with E-state index in [9.17, 15) is 15.2 Å². The van der Waals surface area contributed by atoms with Gasteiger partial charge in [-0.15, -0.1) is 0 Å². The van der Waals surface area contributed by atoms with E-state index in [2.05, 4.69) is 11.4 Å². The Kier molecular flexibility index (Phi) is 6.41. The van der Waals surface area contributed by atoms with Crippen LogP contribution in [0.2, 0.25) is 0 Å². The van der Waals surface area contributed by atoms with Crippen molar-refractivity contribution in [3.8, 4) is 11.8 Å². The molecule has 0 atom stereocenters. The summed E-state index contributed by atoms with van der Waals surface area (Å²) in [4.78, 5) is 12.3. The van der Waals surface area contributed by atoms with Gasteiger partial charge in [-0.05, 0) is 57.0 Å². The van der Waals surface area contributed by atoms with Crippen molar-refractivity contribution >= 4 is 5.91 Å². The molecule has 1 aliphatic carbocycles. The number of amides is 1. The average Bonchev–Trinajstić information content (AvgIpc) is 2.79. The smallest absolute Gasteiger partial charge is 0.251 e. The Hall–Kier alpha value is -3.00. The van der Waals surface area contributed by atoms with Crippen molar-refractivity contribution in [1.82, 2.24) is 5.32 Å². The van der Waals surface area contributed by atoms with Gasteiger partial charge in [0.1, 0.15) is 17.6 Å². The second kappa shape index (κ2) is 8.74. The molecule has 0 bridgehead atoms. The lowest BCUT2D eigenvalue weighted by atomic mass is 10.1. The zero-order valence-corrected chi connectivity index (χ0v) is 14.5. The molecule has 2 N–H and O–H groups in total. The minimum atomic E-state index is -0.226. The van der Waals surface area contributed by atoms with Crippen molar-refractivity contribution in [3.63, 3.8) is 0 Å². The molecule has 1 aromatic carbocycles. The van der Waals surface area contributed by atoms with Crippen molar-refractivity contribution in [2.45, 2.75) is 32.8 Å². The molecule has 0 aliphatic heterocycles. The summed E-state index contributed by atoms with van der Waals surface area (Å²) in [5.74, 6) is 0.485. The summed E-state index contributed by atoms with van der Waals surface area (Å²) in [6, 6.07) is 6.91. The van der Waals surface area contributed by atoms with Gasteiger partial charge in [-0.3, -0.25) is 4.79 Å². The lowest BCUT2D eigenvalue weighted by molar-refractivity contribution is 0.0954. The van der Waals surface area contributed by atoms with Crippen LogP contribution in [0.3, 0.4) is 0 Å². The van der Waals surface area contributed by atoms with E-state index in [0.717, 1.165) is 12.0 Å². The van der Waals surface area contributed by atoms with Crippen LogP contribution in [0.1, 0.15) is 42.6 Å². The van der Waals surface area contributed by atoms with Gasteiger partial charge in [0.15, 0.2) is 0 Å². The van der Waals surface area contributed by atoms with Crippen LogP contribution < -0.4 is 10.1 Å². The van der Waals surface area contributed by atoms with Crippen molar-refractivity contribution in [2.24, 2.45) is 0 Å². The highest BCUT2D eigenvalue weighted by molar-refractivity contribution is 5.94. The fraction of sp³-hybridized carbons (Fsp3) is 0.300. The first kappa shape index (κ1) is 18.3. The number of nitrogens with zero attached hydrogens (tertiary/aromatic N) is 1. The number of carbonyl (C=O) groups is 1. The van der Waals surface area contributed by atoms with Gasteiger partial charge in [0.2, 0.25) is 0 Å². The molecule has 0 fully saturated rings. The molecule has 1 aliphatic rings. The number of carbonyl (C=O) groups excluding carboxylic acids is 1. The van der Waals surface area contributed by atoms with E-state index in [4.69, 9.17) is 4.74 Å². The third-order valence-corrected chi connectivity index (χ3v) is 3.61. The molecule has 0 heterocycles. The number of ether oxygens (including phenoxy) is 1. The van der Waals surface area contributed by atoms with Crippen LogP contribution in [-0.4, -0.2) is 23.7 Å². The van der Waals surface area contributed by atoms with Gasteiger partial charge in [-0.25, -0.2) is 0 Å². The molecule has 0 saturated heterocycles. The molecule has 0 radical (unpaired) electrons. The van der Waals surface area contributed by atoms with Gasteiger partial charge in [-0.2, -0.15) is 5.26 Å². The van der Waals surface area contributed by atoms with Crippen molar-refractivity contribution in [3.05, 3.63) is 65.0 Å². The highest BCUT2D eigenvalue weighted by Gasteiger charge is 2.11. The van der Waals surface area contributed by atoms with Crippen molar-refractivity contribution in [2.75, 3.05) is 6.54 Å². The van der Waals surface area contributed by atoms with Crippen LogP contribution in [0, 0.1) is 11.3 Å². The molecular formula is C20H22N2O3. The number of hydrogen-bond acceptors (Lipinski definition) is 4. The summed E-state index contributed by atoms with van der Waals surface area (Å²) >= 11 is 0. The Labute approximate surface area is 147 Å². The Morgan fingerprint density at radius 1 is 1.40 bits per heavy atom. The maximum Gasteiger partial charge on any atom is 0.251 e. The standard InChI is InChI=1S/C20H22N2O3/c1-14(2)25-19-9-7-16(12-17(19)13-21)20(24)22-11-10-15-4-3-5-18(23)8-6-15/h3,5-9,12,14,23H,4,10-11H2,1-2H3,(H,22,24). The number of aliphatic hydroxyl groups excluding tert-OH is 1. The molecule has 1 aromatic rings. The monoisotopic (exact) mass is 338 g/mol. The predicted octanol–water partition coefficient (Wildman–Crippen LogP) is 3.79. The molecule has 2 rings (SSSR count). The molecule has 0 saturated carbocycles. The summed E-state index contributed by atoms with van der Waals surface area (Å²) in [6.07, 6.45) is 8.46. The first-order valence-electron chi connectivity index (χ1n) is 8.24. The number of benzene rings is 1. The molecule has 0 spiro atoms. The molecule has 0 aromatic heterocycles. The second-order valence-electron chi connectivity index (χ2n) is 6.02. The Morgan fingerprint density at radius 3 is 2.92 bits per heavy atom. The molecular weight excluding hydrogens is 316 g/mol. The first-order valence-corrected chi connectivity index (χ1v) is 8.24. The minimum Gasteiger partial charge on any atom is -0.508 e. The largest absolute Gasteiger partial charge is 0.508 e. The SMILES string of the molecule is CC(C)Oc1ccc(C(=O)NCCC2=CC=C(O)C=CC2)cc1C#N. The van der Waals surface area contributed by atoms with Crippen LogP contribution in [-0.2, 0) is 0 Å². The zero-order valence-electron chi connectivity index (χ0n) is 14.5. The summed E-state index contributed by atoms with van der Waals surface area (Å²) < 4.78 is 5.56. The molecule has 130 valence electrons. The highest BCUT2D eigenvalue weighted by atomic mass is 16.5. The van der Waals surface area contributed by atoms with E-state index >= 15 is 0 Å². The predicted molar refractivity (Wildman–Crippen MR) is 96.4 cm³/mol. The maximum absolute atomic E-state index is 12.3. The number of rotatable bonds is 6. The Balaban J connectivity index is 1.95. The van der Waals surface area contributed by atoms with E-state index in [0.29, 0.717) is 29.8 Å². The molecule has 0 unspecified atom stereocenters. The summed E-state index contributed by atoms with van der Waals surface area (Å²) in [7, 11) is 0. The molecule has 25 heavy (non-hydrogen) atoms. The van der Waals surface area contributed by atoms with Gasteiger partial charge in [0.25, 0.3) is 5.91 Å². The van der Waals surface area contributed by atoms with Gasteiger partial charge in [0, 0.05) is 12.1 Å². The Morgan fingerprint density at radius 2 is 2.20 bits per heavy atom. The van der Waals surface area contributed by atoms with Gasteiger partial charge >= 0.3 is 0 Å². The van der Waals surface area contributed by atoms with Crippen LogP contribution in [0.15, 0.2) is 53.8 Å². The maximum atomic E-state index is 12.3. The van der Waals surface area contributed by atoms with Gasteiger partial charge in [0.05, 0.1) is 11.7 Å². The van der Waals surface area contributed by atoms with Crippen LogP contribution in [0.5, 0.6) is 5.75 Å². The lowest BCUT2D eigenvalue weighted by Gasteiger charge is -2.12. The van der Waals surface area contributed by atoms with Gasteiger partial charge in [-0.1, -0.05) is 17.7 Å². The van der Waals surface area contributed by atoms with E-state index in [-0.39, 0.29) is 17.8 Å². The topological polar surface area (TPSA) is 82.3 Å². The summed E-state index contributed by atoms with van der Waals surface area (Å²) in [5, 5.41) is 21.5. The number of hydrogen-bond donors (Lipinski definition) is 2. The van der Waals surface area contributed by atoms with E-state index < -0.39 is 0 Å². The highest BCUT2D eigenvalue weighted by Crippen LogP contribution is 2.21. The van der Waals surface area contributed by atoms with Crippen molar-refractivity contribution < 1.29 is 14.6 Å². The number of nitrogens with one attached hydrogen (secondary N) is 1. The second-order valence-corrected chi connectivity index (χ2v) is 6.02. The third-order valence-electron chi connectivity index (χ3n) is 3.61. The average molecular weight is 338 g/mol. The Bertz CT molecular complexity index is 768. The third kappa shape index (κ3) is 5.54. The fourth-order valence-corrected chi connectivity index (χ4v) is 2.40. The first-order chi connectivity index (χ1) is 12.0. The van der Waals surface area contributed by atoms with Crippen LogP contribution in [0.25, 0.3) is 0 Å². The molecule has 5 nitrogen and oxygen atoms in total. The normalized spacial score (nSPS) is 13.5. The van der Waals surface area contributed by atoms with E-state index in [1.807, 2.05) is 26.0 Å². The lowest BCUT2D eigenvalue weighted by Crippen LogP contribution is -2.24. The summed E-state index contributed by atoms with van der Waals surface area (Å²) in [6.45, 7) is 4.25. The zero-order chi connectivity index (χ0) is 18.2. The van der Waals surface area contributed by atoms with Crippen molar-refractivity contribution in [1.29, 1.82) is 5.26 Å². The number of allylic oxidation sites excluding steroid dienone is 4. The van der Waals surface area contributed by atoms with E-state index in [1.54, 1.807) is 30.4 Å². The molecule has 1 amide bonds. The fourth-order valence-electron chi connectivity index (χ4n) is 2.40. The quantitative estimate of drug-likeness (QED) is 0.826. The van der Waals surface area contributed by atoms with Crippen LogP contribution >= 0.6 is 0 Å².